The zero-order valence-electron chi connectivity index (χ0n) is 9.69. The molecule has 1 aliphatic carbocycles. The Bertz CT molecular complexity index is 299. The Kier molecular flexibility index (Phi) is 3.36. The zero-order chi connectivity index (χ0) is 10.7. The van der Waals surface area contributed by atoms with Crippen molar-refractivity contribution in [1.29, 1.82) is 0 Å². The van der Waals surface area contributed by atoms with Crippen molar-refractivity contribution in [2.24, 2.45) is 0 Å². The molecule has 4 nitrogen and oxygen atoms in total. The maximum absolute atomic E-state index is 4.23. The van der Waals surface area contributed by atoms with Gasteiger partial charge in [-0.2, -0.15) is 0 Å². The predicted molar refractivity (Wildman–Crippen MR) is 59.5 cm³/mol. The SMILES string of the molecule is CN(C)Cc1cn(C2CCCCC2)nn1. The first-order chi connectivity index (χ1) is 7.25. The molecule has 0 aliphatic heterocycles. The maximum atomic E-state index is 4.23. The van der Waals surface area contributed by atoms with Crippen LogP contribution in [0.2, 0.25) is 0 Å². The second-order valence-electron chi connectivity index (χ2n) is 4.72. The largest absolute Gasteiger partial charge is 0.303 e. The zero-order valence-corrected chi connectivity index (χ0v) is 9.69. The Morgan fingerprint density at radius 2 is 2.07 bits per heavy atom. The number of aromatic nitrogens is 3. The number of rotatable bonds is 3. The van der Waals surface area contributed by atoms with Crippen LogP contribution in [0.1, 0.15) is 43.8 Å². The molecule has 0 atom stereocenters. The molecule has 0 N–H and O–H groups in total. The van der Waals surface area contributed by atoms with E-state index < -0.39 is 0 Å². The van der Waals surface area contributed by atoms with Crippen LogP contribution in [0.4, 0.5) is 0 Å². The van der Waals surface area contributed by atoms with Gasteiger partial charge >= 0.3 is 0 Å². The van der Waals surface area contributed by atoms with Crippen LogP contribution in [0.3, 0.4) is 0 Å². The number of hydrogen-bond acceptors (Lipinski definition) is 3. The standard InChI is InChI=1S/C11H20N4/c1-14(2)8-10-9-15(13-12-10)11-6-4-3-5-7-11/h9,11H,3-8H2,1-2H3. The monoisotopic (exact) mass is 208 g/mol. The Hall–Kier alpha value is -0.900. The Morgan fingerprint density at radius 3 is 2.73 bits per heavy atom. The smallest absolute Gasteiger partial charge is 0.0967 e. The van der Waals surface area contributed by atoms with Gasteiger partial charge in [-0.3, -0.25) is 0 Å². The fraction of sp³-hybridized carbons (Fsp3) is 0.818. The molecule has 0 amide bonds. The molecule has 4 heteroatoms. The third-order valence-electron chi connectivity index (χ3n) is 2.98. The fourth-order valence-electron chi connectivity index (χ4n) is 2.23. The van der Waals surface area contributed by atoms with Crippen molar-refractivity contribution in [1.82, 2.24) is 19.9 Å². The van der Waals surface area contributed by atoms with Gasteiger partial charge in [0.05, 0.1) is 17.9 Å². The summed E-state index contributed by atoms with van der Waals surface area (Å²) in [6, 6.07) is 0.599. The summed E-state index contributed by atoms with van der Waals surface area (Å²) >= 11 is 0. The van der Waals surface area contributed by atoms with E-state index in [1.165, 1.54) is 32.1 Å². The molecule has 1 aromatic rings. The lowest BCUT2D eigenvalue weighted by molar-refractivity contribution is 0.324. The van der Waals surface area contributed by atoms with Gasteiger partial charge in [-0.1, -0.05) is 24.5 Å². The van der Waals surface area contributed by atoms with Gasteiger partial charge in [-0.15, -0.1) is 5.10 Å². The van der Waals surface area contributed by atoms with Crippen molar-refractivity contribution in [2.45, 2.75) is 44.7 Å². The molecule has 1 aliphatic rings. The Balaban J connectivity index is 1.99. The van der Waals surface area contributed by atoms with Crippen molar-refractivity contribution < 1.29 is 0 Å². The third-order valence-corrected chi connectivity index (χ3v) is 2.98. The minimum Gasteiger partial charge on any atom is -0.303 e. The van der Waals surface area contributed by atoms with Crippen LogP contribution < -0.4 is 0 Å². The van der Waals surface area contributed by atoms with Gasteiger partial charge in [-0.05, 0) is 26.9 Å². The molecule has 84 valence electrons. The number of nitrogens with zero attached hydrogens (tertiary/aromatic N) is 4. The Labute approximate surface area is 91.3 Å². The summed E-state index contributed by atoms with van der Waals surface area (Å²) in [6.45, 7) is 0.882. The van der Waals surface area contributed by atoms with Gasteiger partial charge in [0.1, 0.15) is 0 Å². The first-order valence-electron chi connectivity index (χ1n) is 5.81. The molecule has 0 unspecified atom stereocenters. The molecular formula is C11H20N4. The van der Waals surface area contributed by atoms with Crippen LogP contribution in [0, 0.1) is 0 Å². The predicted octanol–water partition coefficient (Wildman–Crippen LogP) is 1.84. The normalized spacial score (nSPS) is 18.6. The second kappa shape index (κ2) is 4.75. The summed E-state index contributed by atoms with van der Waals surface area (Å²) in [4.78, 5) is 2.12. The van der Waals surface area contributed by atoms with E-state index in [1.54, 1.807) is 0 Å². The average molecular weight is 208 g/mol. The fourth-order valence-corrected chi connectivity index (χ4v) is 2.23. The lowest BCUT2D eigenvalue weighted by Crippen LogP contribution is -2.13. The molecule has 15 heavy (non-hydrogen) atoms. The van der Waals surface area contributed by atoms with E-state index in [0.29, 0.717) is 6.04 Å². The van der Waals surface area contributed by atoms with E-state index in [2.05, 4.69) is 40.2 Å². The summed E-state index contributed by atoms with van der Waals surface area (Å²) in [5, 5.41) is 8.44. The minimum absolute atomic E-state index is 0.599. The molecule has 0 aromatic carbocycles. The molecule has 1 saturated carbocycles. The second-order valence-corrected chi connectivity index (χ2v) is 4.72. The topological polar surface area (TPSA) is 34.0 Å². The van der Waals surface area contributed by atoms with E-state index in [1.807, 2.05) is 0 Å². The van der Waals surface area contributed by atoms with Gasteiger partial charge < -0.3 is 4.90 Å². The molecule has 0 bridgehead atoms. The maximum Gasteiger partial charge on any atom is 0.0967 e. The van der Waals surface area contributed by atoms with E-state index in [0.717, 1.165) is 12.2 Å². The van der Waals surface area contributed by atoms with Crippen LogP contribution in [-0.2, 0) is 6.54 Å². The van der Waals surface area contributed by atoms with Crippen LogP contribution >= 0.6 is 0 Å². The van der Waals surface area contributed by atoms with E-state index in [-0.39, 0.29) is 0 Å². The highest BCUT2D eigenvalue weighted by atomic mass is 15.4. The summed E-state index contributed by atoms with van der Waals surface area (Å²) in [6.07, 6.45) is 8.71. The van der Waals surface area contributed by atoms with Crippen molar-refractivity contribution in [3.05, 3.63) is 11.9 Å². The highest BCUT2D eigenvalue weighted by molar-refractivity contribution is 4.93. The van der Waals surface area contributed by atoms with Gasteiger partial charge in [-0.25, -0.2) is 4.68 Å². The number of hydrogen-bond donors (Lipinski definition) is 0. The van der Waals surface area contributed by atoms with Crippen LogP contribution in [0.5, 0.6) is 0 Å². The van der Waals surface area contributed by atoms with Crippen molar-refractivity contribution in [2.75, 3.05) is 14.1 Å². The van der Waals surface area contributed by atoms with Gasteiger partial charge in [0.2, 0.25) is 0 Å². The van der Waals surface area contributed by atoms with Crippen molar-refractivity contribution in [3.63, 3.8) is 0 Å². The average Bonchev–Trinajstić information content (AvgIpc) is 2.67. The van der Waals surface area contributed by atoms with Crippen molar-refractivity contribution >= 4 is 0 Å². The van der Waals surface area contributed by atoms with Crippen LogP contribution in [0.15, 0.2) is 6.20 Å². The first kappa shape index (κ1) is 10.6. The molecular weight excluding hydrogens is 188 g/mol. The quantitative estimate of drug-likeness (QED) is 0.760. The van der Waals surface area contributed by atoms with Gasteiger partial charge in [0.15, 0.2) is 0 Å². The lowest BCUT2D eigenvalue weighted by Gasteiger charge is -2.20. The molecule has 0 saturated heterocycles. The van der Waals surface area contributed by atoms with Gasteiger partial charge in [0.25, 0.3) is 0 Å². The third kappa shape index (κ3) is 2.78. The molecule has 0 radical (unpaired) electrons. The lowest BCUT2D eigenvalue weighted by atomic mass is 9.96. The van der Waals surface area contributed by atoms with E-state index in [4.69, 9.17) is 0 Å². The molecule has 1 fully saturated rings. The Morgan fingerprint density at radius 1 is 1.33 bits per heavy atom. The van der Waals surface area contributed by atoms with Crippen molar-refractivity contribution in [3.8, 4) is 0 Å². The summed E-state index contributed by atoms with van der Waals surface area (Å²) in [7, 11) is 4.11. The minimum atomic E-state index is 0.599. The highest BCUT2D eigenvalue weighted by Gasteiger charge is 2.16. The van der Waals surface area contributed by atoms with E-state index in [9.17, 15) is 0 Å². The van der Waals surface area contributed by atoms with Gasteiger partial charge in [0, 0.05) is 6.54 Å². The highest BCUT2D eigenvalue weighted by Crippen LogP contribution is 2.27. The molecule has 1 heterocycles. The van der Waals surface area contributed by atoms with E-state index >= 15 is 0 Å². The van der Waals surface area contributed by atoms with Crippen LogP contribution in [0.25, 0.3) is 0 Å². The molecule has 2 rings (SSSR count). The first-order valence-corrected chi connectivity index (χ1v) is 5.81. The summed E-state index contributed by atoms with van der Waals surface area (Å²) < 4.78 is 2.07. The molecule has 0 spiro atoms. The van der Waals surface area contributed by atoms with Crippen LogP contribution in [-0.4, -0.2) is 34.0 Å². The summed E-state index contributed by atoms with van der Waals surface area (Å²) in [5.41, 5.74) is 1.07. The molecule has 1 aromatic heterocycles. The summed E-state index contributed by atoms with van der Waals surface area (Å²) in [5.74, 6) is 0.